The molecule has 2 N–H and O–H groups in total. The van der Waals surface area contributed by atoms with Crippen LogP contribution in [0.3, 0.4) is 0 Å². The van der Waals surface area contributed by atoms with Crippen molar-refractivity contribution in [2.24, 2.45) is 0 Å². The normalized spacial score (nSPS) is 8.40. The summed E-state index contributed by atoms with van der Waals surface area (Å²) in [7, 11) is 4.52. The standard InChI is InChI=1S/C2H8N2Si/c1-3-5-4-2/h3-4H,1-2H3. The minimum absolute atomic E-state index is 0.698. The van der Waals surface area contributed by atoms with Crippen LogP contribution >= 0.6 is 0 Å². The zero-order valence-corrected chi connectivity index (χ0v) is 4.50. The van der Waals surface area contributed by atoms with Gasteiger partial charge in [0.2, 0.25) is 9.84 Å². The van der Waals surface area contributed by atoms with Gasteiger partial charge in [-0.2, -0.15) is 0 Å². The van der Waals surface area contributed by atoms with E-state index in [0.29, 0.717) is 9.84 Å². The molecule has 0 aromatic carbocycles. The molecule has 0 bridgehead atoms. The van der Waals surface area contributed by atoms with Crippen molar-refractivity contribution in [3.8, 4) is 0 Å². The highest BCUT2D eigenvalue weighted by Gasteiger charge is 1.67. The van der Waals surface area contributed by atoms with Crippen molar-refractivity contribution in [2.45, 2.75) is 0 Å². The summed E-state index contributed by atoms with van der Waals surface area (Å²) in [5.41, 5.74) is 0. The van der Waals surface area contributed by atoms with Gasteiger partial charge in [0, 0.05) is 0 Å². The van der Waals surface area contributed by atoms with Crippen LogP contribution in [0.5, 0.6) is 0 Å². The van der Waals surface area contributed by atoms with Crippen LogP contribution in [0.4, 0.5) is 0 Å². The molecular weight excluding hydrogens is 80.1 g/mol. The number of hydrogen-bond acceptors (Lipinski definition) is 2. The molecule has 0 aliphatic rings. The van der Waals surface area contributed by atoms with Crippen LogP contribution in [0.25, 0.3) is 0 Å². The largest absolute Gasteiger partial charge is 0.329 e. The van der Waals surface area contributed by atoms with Crippen molar-refractivity contribution in [1.82, 2.24) is 9.96 Å². The Morgan fingerprint density at radius 2 is 1.60 bits per heavy atom. The topological polar surface area (TPSA) is 24.1 Å². The quantitative estimate of drug-likeness (QED) is 0.421. The molecule has 0 spiro atoms. The van der Waals surface area contributed by atoms with Gasteiger partial charge in [-0.3, -0.25) is 0 Å². The second kappa shape index (κ2) is 4.14. The molecule has 0 rings (SSSR count). The molecule has 0 aliphatic carbocycles. The number of nitrogens with one attached hydrogen (secondary N) is 2. The maximum Gasteiger partial charge on any atom is 0.244 e. The van der Waals surface area contributed by atoms with Crippen molar-refractivity contribution >= 4 is 9.84 Å². The van der Waals surface area contributed by atoms with Gasteiger partial charge in [0.15, 0.2) is 0 Å². The minimum atomic E-state index is 0.698. The van der Waals surface area contributed by atoms with Crippen LogP contribution in [0.1, 0.15) is 0 Å². The van der Waals surface area contributed by atoms with E-state index in [9.17, 15) is 0 Å². The highest BCUT2D eigenvalue weighted by atomic mass is 28.2. The molecule has 2 radical (unpaired) electrons. The smallest absolute Gasteiger partial charge is 0.244 e. The van der Waals surface area contributed by atoms with Crippen molar-refractivity contribution in [2.75, 3.05) is 14.1 Å². The molecule has 5 heavy (non-hydrogen) atoms. The summed E-state index contributed by atoms with van der Waals surface area (Å²) in [6.07, 6.45) is 0. The molecule has 0 saturated carbocycles. The SMILES string of the molecule is CN[Si]NC. The zero-order chi connectivity index (χ0) is 4.12. The van der Waals surface area contributed by atoms with E-state index in [1.54, 1.807) is 0 Å². The van der Waals surface area contributed by atoms with Crippen LogP contribution in [0.2, 0.25) is 0 Å². The first-order valence-electron chi connectivity index (χ1n) is 1.50. The summed E-state index contributed by atoms with van der Waals surface area (Å²) in [5.74, 6) is 0. The minimum Gasteiger partial charge on any atom is -0.329 e. The Bertz CT molecular complexity index is 15.1. The molecule has 0 unspecified atom stereocenters. The van der Waals surface area contributed by atoms with Gasteiger partial charge in [-0.1, -0.05) is 0 Å². The summed E-state index contributed by atoms with van der Waals surface area (Å²) in [6.45, 7) is 0. The molecule has 0 aliphatic heterocycles. The maximum atomic E-state index is 2.93. The van der Waals surface area contributed by atoms with Crippen LogP contribution in [0.15, 0.2) is 0 Å². The lowest BCUT2D eigenvalue weighted by Crippen LogP contribution is -2.26. The van der Waals surface area contributed by atoms with Crippen molar-refractivity contribution in [1.29, 1.82) is 0 Å². The predicted molar refractivity (Wildman–Crippen MR) is 23.9 cm³/mol. The molecule has 0 aromatic heterocycles. The van der Waals surface area contributed by atoms with Gasteiger partial charge in [0.05, 0.1) is 0 Å². The Hall–Kier alpha value is 0.137. The monoisotopic (exact) mass is 88.0 g/mol. The lowest BCUT2D eigenvalue weighted by molar-refractivity contribution is 1.13. The van der Waals surface area contributed by atoms with E-state index in [2.05, 4.69) is 9.96 Å². The Morgan fingerprint density at radius 3 is 1.60 bits per heavy atom. The molecule has 0 aromatic rings. The molecule has 0 atom stereocenters. The first-order valence-corrected chi connectivity index (χ1v) is 2.50. The number of hydrogen-bond donors (Lipinski definition) is 2. The average molecular weight is 88.2 g/mol. The Kier molecular flexibility index (Phi) is 4.25. The maximum absolute atomic E-state index is 2.93. The summed E-state index contributed by atoms with van der Waals surface area (Å²) >= 11 is 0. The molecule has 0 fully saturated rings. The van der Waals surface area contributed by atoms with Crippen LogP contribution < -0.4 is 9.96 Å². The molecule has 3 heteroatoms. The van der Waals surface area contributed by atoms with E-state index in [-0.39, 0.29) is 0 Å². The van der Waals surface area contributed by atoms with Gasteiger partial charge < -0.3 is 9.96 Å². The summed E-state index contributed by atoms with van der Waals surface area (Å²) in [6, 6.07) is 0. The Balaban J connectivity index is 2.19. The molecule has 0 saturated heterocycles. The van der Waals surface area contributed by atoms with Gasteiger partial charge in [-0.05, 0) is 14.1 Å². The van der Waals surface area contributed by atoms with E-state index < -0.39 is 0 Å². The third-order valence-electron chi connectivity index (χ3n) is 0.250. The fraction of sp³-hybridized carbons (Fsp3) is 1.00. The second-order valence-electron chi connectivity index (χ2n) is 0.625. The molecule has 0 amide bonds. The third kappa shape index (κ3) is 4.14. The first kappa shape index (κ1) is 5.14. The van der Waals surface area contributed by atoms with E-state index >= 15 is 0 Å². The Morgan fingerprint density at radius 1 is 1.20 bits per heavy atom. The highest BCUT2D eigenvalue weighted by Crippen LogP contribution is 1.23. The lowest BCUT2D eigenvalue weighted by atomic mass is 11.6. The van der Waals surface area contributed by atoms with Gasteiger partial charge in [-0.15, -0.1) is 0 Å². The van der Waals surface area contributed by atoms with Crippen molar-refractivity contribution in [3.63, 3.8) is 0 Å². The van der Waals surface area contributed by atoms with Gasteiger partial charge in [0.1, 0.15) is 0 Å². The fourth-order valence-corrected chi connectivity index (χ4v) is 0.375. The molecule has 0 heterocycles. The van der Waals surface area contributed by atoms with Crippen LogP contribution in [-0.4, -0.2) is 23.9 Å². The summed E-state index contributed by atoms with van der Waals surface area (Å²) < 4.78 is 0. The van der Waals surface area contributed by atoms with E-state index in [1.165, 1.54) is 0 Å². The van der Waals surface area contributed by atoms with E-state index in [1.807, 2.05) is 14.1 Å². The van der Waals surface area contributed by atoms with Gasteiger partial charge in [-0.25, -0.2) is 0 Å². The third-order valence-corrected chi connectivity index (χ3v) is 0.750. The average Bonchev–Trinajstić information content (AvgIpc) is 1.41. The van der Waals surface area contributed by atoms with E-state index in [0.717, 1.165) is 0 Å². The van der Waals surface area contributed by atoms with Crippen LogP contribution in [0, 0.1) is 0 Å². The van der Waals surface area contributed by atoms with Crippen LogP contribution in [-0.2, 0) is 0 Å². The lowest BCUT2D eigenvalue weighted by Gasteiger charge is -1.84. The molecule has 30 valence electrons. The van der Waals surface area contributed by atoms with Crippen molar-refractivity contribution in [3.05, 3.63) is 0 Å². The Labute approximate surface area is 34.9 Å². The highest BCUT2D eigenvalue weighted by molar-refractivity contribution is 6.28. The fourth-order valence-electron chi connectivity index (χ4n) is 0.125. The van der Waals surface area contributed by atoms with Gasteiger partial charge in [0.25, 0.3) is 0 Å². The zero-order valence-electron chi connectivity index (χ0n) is 3.50. The van der Waals surface area contributed by atoms with Crippen molar-refractivity contribution < 1.29 is 0 Å². The second-order valence-corrected chi connectivity index (χ2v) is 1.88. The predicted octanol–water partition coefficient (Wildman–Crippen LogP) is -1.04. The summed E-state index contributed by atoms with van der Waals surface area (Å²) in [5, 5.41) is 0. The number of rotatable bonds is 2. The molecule has 2 nitrogen and oxygen atoms in total. The first-order chi connectivity index (χ1) is 2.41. The summed E-state index contributed by atoms with van der Waals surface area (Å²) in [4.78, 5) is 5.87. The van der Waals surface area contributed by atoms with Gasteiger partial charge >= 0.3 is 0 Å². The molecular formula is C2H8N2Si. The van der Waals surface area contributed by atoms with E-state index in [4.69, 9.17) is 0 Å².